The van der Waals surface area contributed by atoms with Crippen LogP contribution in [0.2, 0.25) is 0 Å². The molecule has 3 amide bonds. The molecule has 4 rings (SSSR count). The molecule has 8 heteroatoms. The number of benzene rings is 2. The Kier molecular flexibility index (Phi) is 4.50. The minimum absolute atomic E-state index is 0.0965. The van der Waals surface area contributed by atoms with Gasteiger partial charge in [0.25, 0.3) is 0 Å². The molecule has 2 aliphatic rings. The molecule has 5 N–H and O–H groups in total. The van der Waals surface area contributed by atoms with Gasteiger partial charge < -0.3 is 26.4 Å². The zero-order valence-electron chi connectivity index (χ0n) is 16.2. The van der Waals surface area contributed by atoms with Gasteiger partial charge >= 0.3 is 0 Å². The minimum atomic E-state index is -0.756. The molecule has 0 bridgehead atoms. The maximum atomic E-state index is 12.9. The summed E-state index contributed by atoms with van der Waals surface area (Å²) in [6.45, 7) is 2.09. The predicted molar refractivity (Wildman–Crippen MR) is 108 cm³/mol. The summed E-state index contributed by atoms with van der Waals surface area (Å²) in [5, 5.41) is 8.93. The van der Waals surface area contributed by atoms with Crippen molar-refractivity contribution in [2.75, 3.05) is 24.3 Å². The summed E-state index contributed by atoms with van der Waals surface area (Å²) in [4.78, 5) is 37.1. The molecular weight excluding hydrogens is 372 g/mol. The van der Waals surface area contributed by atoms with Gasteiger partial charge in [0.2, 0.25) is 17.7 Å². The standard InChI is InChI=1S/C21H22N4O4/c1-11-12(18(22)26)7-8-15(17(11)29-2)24-19(27)16-9-21(10-23-16)13-5-3-4-6-14(13)25-20(21)28/h3-8,16,23H,9-10H2,1-2H3,(H2,22,26)(H,24,27)(H,25,28). The van der Waals surface area contributed by atoms with E-state index in [1.165, 1.54) is 7.11 Å². The number of rotatable bonds is 4. The highest BCUT2D eigenvalue weighted by atomic mass is 16.5. The number of fused-ring (bicyclic) bond motifs is 2. The number of nitrogens with one attached hydrogen (secondary N) is 3. The molecule has 0 radical (unpaired) electrons. The van der Waals surface area contributed by atoms with Crippen LogP contribution in [0.4, 0.5) is 11.4 Å². The van der Waals surface area contributed by atoms with Crippen LogP contribution < -0.4 is 26.4 Å². The van der Waals surface area contributed by atoms with Crippen LogP contribution in [-0.4, -0.2) is 37.4 Å². The van der Waals surface area contributed by atoms with E-state index in [4.69, 9.17) is 10.5 Å². The van der Waals surface area contributed by atoms with E-state index < -0.39 is 17.4 Å². The molecule has 8 nitrogen and oxygen atoms in total. The molecule has 2 heterocycles. The van der Waals surface area contributed by atoms with Crippen LogP contribution in [0.3, 0.4) is 0 Å². The zero-order chi connectivity index (χ0) is 20.8. The third-order valence-electron chi connectivity index (χ3n) is 5.78. The molecule has 2 aromatic rings. The van der Waals surface area contributed by atoms with Gasteiger partial charge in [0.1, 0.15) is 5.75 Å². The van der Waals surface area contributed by atoms with Crippen molar-refractivity contribution in [2.45, 2.75) is 24.8 Å². The van der Waals surface area contributed by atoms with E-state index in [-0.39, 0.29) is 11.8 Å². The van der Waals surface area contributed by atoms with Gasteiger partial charge in [-0.15, -0.1) is 0 Å². The Morgan fingerprint density at radius 1 is 1.24 bits per heavy atom. The first-order chi connectivity index (χ1) is 13.9. The van der Waals surface area contributed by atoms with Gasteiger partial charge in [0.05, 0.1) is 24.3 Å². The maximum absolute atomic E-state index is 12.9. The van der Waals surface area contributed by atoms with Crippen molar-refractivity contribution in [1.82, 2.24) is 5.32 Å². The van der Waals surface area contributed by atoms with Crippen molar-refractivity contribution in [3.8, 4) is 5.75 Å². The Hall–Kier alpha value is -3.39. The molecule has 1 fully saturated rings. The molecule has 2 atom stereocenters. The number of anilines is 2. The third-order valence-corrected chi connectivity index (χ3v) is 5.78. The number of carbonyl (C=O) groups excluding carboxylic acids is 3. The fourth-order valence-electron chi connectivity index (χ4n) is 4.27. The second-order valence-corrected chi connectivity index (χ2v) is 7.39. The number of primary amides is 1. The molecule has 2 unspecified atom stereocenters. The molecular formula is C21H22N4O4. The summed E-state index contributed by atoms with van der Waals surface area (Å²) in [6.07, 6.45) is 0.350. The molecule has 0 aliphatic carbocycles. The van der Waals surface area contributed by atoms with Crippen LogP contribution in [0.25, 0.3) is 0 Å². The molecule has 1 saturated heterocycles. The first-order valence-electron chi connectivity index (χ1n) is 9.30. The van der Waals surface area contributed by atoms with Gasteiger partial charge in [-0.2, -0.15) is 0 Å². The Balaban J connectivity index is 1.56. The highest BCUT2D eigenvalue weighted by molar-refractivity contribution is 6.08. The largest absolute Gasteiger partial charge is 0.494 e. The topological polar surface area (TPSA) is 123 Å². The molecule has 2 aromatic carbocycles. The van der Waals surface area contributed by atoms with Crippen LogP contribution in [-0.2, 0) is 15.0 Å². The van der Waals surface area contributed by atoms with Crippen molar-refractivity contribution in [1.29, 1.82) is 0 Å². The second kappa shape index (κ2) is 6.89. The Bertz CT molecular complexity index is 1040. The summed E-state index contributed by atoms with van der Waals surface area (Å²) >= 11 is 0. The van der Waals surface area contributed by atoms with Gasteiger partial charge in [-0.05, 0) is 37.1 Å². The fraction of sp³-hybridized carbons (Fsp3) is 0.286. The molecule has 29 heavy (non-hydrogen) atoms. The van der Waals surface area contributed by atoms with E-state index in [2.05, 4.69) is 16.0 Å². The van der Waals surface area contributed by atoms with Crippen molar-refractivity contribution in [3.63, 3.8) is 0 Å². The number of methoxy groups -OCH3 is 1. The maximum Gasteiger partial charge on any atom is 0.249 e. The van der Waals surface area contributed by atoms with Gasteiger partial charge in [-0.25, -0.2) is 0 Å². The number of nitrogens with two attached hydrogens (primary N) is 1. The minimum Gasteiger partial charge on any atom is -0.494 e. The smallest absolute Gasteiger partial charge is 0.249 e. The normalized spacial score (nSPS) is 22.3. The molecule has 2 aliphatic heterocycles. The first kappa shape index (κ1) is 18.9. The lowest BCUT2D eigenvalue weighted by atomic mass is 9.79. The molecule has 0 saturated carbocycles. The number of amides is 3. The summed E-state index contributed by atoms with van der Waals surface area (Å²) in [7, 11) is 1.46. The SMILES string of the molecule is COc1c(NC(=O)C2CC3(CN2)C(=O)Nc2ccccc23)ccc(C(N)=O)c1C. The van der Waals surface area contributed by atoms with Gasteiger partial charge in [-0.1, -0.05) is 18.2 Å². The molecule has 1 spiro atoms. The van der Waals surface area contributed by atoms with Crippen LogP contribution in [0.1, 0.15) is 27.9 Å². The lowest BCUT2D eigenvalue weighted by Crippen LogP contribution is -2.36. The number of para-hydroxylation sites is 1. The number of hydrogen-bond donors (Lipinski definition) is 4. The van der Waals surface area contributed by atoms with E-state index in [9.17, 15) is 14.4 Å². The van der Waals surface area contributed by atoms with Crippen molar-refractivity contribution >= 4 is 29.1 Å². The number of ether oxygens (including phenoxy) is 1. The van der Waals surface area contributed by atoms with Crippen molar-refractivity contribution in [2.24, 2.45) is 5.73 Å². The van der Waals surface area contributed by atoms with E-state index >= 15 is 0 Å². The van der Waals surface area contributed by atoms with Gasteiger partial charge in [0.15, 0.2) is 0 Å². The van der Waals surface area contributed by atoms with E-state index in [0.717, 1.165) is 11.3 Å². The summed E-state index contributed by atoms with van der Waals surface area (Å²) in [6, 6.07) is 10.1. The van der Waals surface area contributed by atoms with E-state index in [1.54, 1.807) is 19.1 Å². The van der Waals surface area contributed by atoms with E-state index in [1.807, 2.05) is 24.3 Å². The van der Waals surface area contributed by atoms with Crippen LogP contribution in [0.5, 0.6) is 5.75 Å². The fourth-order valence-corrected chi connectivity index (χ4v) is 4.27. The van der Waals surface area contributed by atoms with Crippen molar-refractivity contribution in [3.05, 3.63) is 53.1 Å². The van der Waals surface area contributed by atoms with Crippen LogP contribution in [0.15, 0.2) is 36.4 Å². The van der Waals surface area contributed by atoms with E-state index in [0.29, 0.717) is 35.5 Å². The van der Waals surface area contributed by atoms with Gasteiger partial charge in [-0.3, -0.25) is 14.4 Å². The Morgan fingerprint density at radius 2 is 2.00 bits per heavy atom. The summed E-state index contributed by atoms with van der Waals surface area (Å²) in [5.74, 6) is -0.556. The van der Waals surface area contributed by atoms with Crippen LogP contribution >= 0.6 is 0 Å². The second-order valence-electron chi connectivity index (χ2n) is 7.39. The van der Waals surface area contributed by atoms with Crippen molar-refractivity contribution < 1.29 is 19.1 Å². The third kappa shape index (κ3) is 2.92. The molecule has 0 aromatic heterocycles. The zero-order valence-corrected chi connectivity index (χ0v) is 16.2. The lowest BCUT2D eigenvalue weighted by Gasteiger charge is -2.20. The van der Waals surface area contributed by atoms with Crippen LogP contribution in [0, 0.1) is 6.92 Å². The highest BCUT2D eigenvalue weighted by Crippen LogP contribution is 2.43. The monoisotopic (exact) mass is 394 g/mol. The average Bonchev–Trinajstić information content (AvgIpc) is 3.25. The Labute approximate surface area is 167 Å². The highest BCUT2D eigenvalue weighted by Gasteiger charge is 2.52. The Morgan fingerprint density at radius 3 is 2.72 bits per heavy atom. The number of carbonyl (C=O) groups is 3. The average molecular weight is 394 g/mol. The first-order valence-corrected chi connectivity index (χ1v) is 9.30. The predicted octanol–water partition coefficient (Wildman–Crippen LogP) is 1.29. The summed E-state index contributed by atoms with van der Waals surface area (Å²) < 4.78 is 5.38. The lowest BCUT2D eigenvalue weighted by molar-refractivity contribution is -0.120. The molecule has 150 valence electrons. The summed E-state index contributed by atoms with van der Waals surface area (Å²) in [5.41, 5.74) is 7.65. The quantitative estimate of drug-likeness (QED) is 0.622. The van der Waals surface area contributed by atoms with Gasteiger partial charge in [0, 0.05) is 23.4 Å². The number of hydrogen-bond acceptors (Lipinski definition) is 5.